The molecule has 0 amide bonds. The zero-order valence-corrected chi connectivity index (χ0v) is 56.5. The van der Waals surface area contributed by atoms with Crippen molar-refractivity contribution in [1.29, 1.82) is 0 Å². The molecule has 0 aliphatic heterocycles. The van der Waals surface area contributed by atoms with E-state index < -0.39 is 6.85 Å². The molecule has 0 saturated heterocycles. The van der Waals surface area contributed by atoms with E-state index in [2.05, 4.69) is 236 Å². The van der Waals surface area contributed by atoms with Gasteiger partial charge >= 0.3 is 0 Å². The van der Waals surface area contributed by atoms with Crippen LogP contribution in [0.5, 0.6) is 0 Å². The summed E-state index contributed by atoms with van der Waals surface area (Å²) in [5, 5.41) is 5.67. The number of fused-ring (bicyclic) bond motifs is 9. The topological polar surface area (TPSA) is 43.9 Å². The van der Waals surface area contributed by atoms with Crippen molar-refractivity contribution in [3.63, 3.8) is 0 Å². The molecular weight excluding hydrogens is 1250 g/mol. The van der Waals surface area contributed by atoms with Gasteiger partial charge in [-0.2, -0.15) is 0 Å². The minimum Gasteiger partial charge on any atom is -0.501 e. The van der Waals surface area contributed by atoms with Gasteiger partial charge in [0.05, 0.1) is 22.4 Å². The number of hydrogen-bond acceptors (Lipinski definition) is 3. The van der Waals surface area contributed by atoms with Crippen molar-refractivity contribution in [3.8, 4) is 50.6 Å². The fourth-order valence-electron chi connectivity index (χ4n) is 14.6. The Morgan fingerprint density at radius 2 is 1.22 bits per heavy atom. The maximum absolute atomic E-state index is 8.57. The van der Waals surface area contributed by atoms with Gasteiger partial charge in [-0.05, 0) is 190 Å². The largest absolute Gasteiger partial charge is 0.501 e. The first-order valence-electron chi connectivity index (χ1n) is 33.2. The number of aryl methyl sites for hydroxylation is 1. The fraction of sp³-hybridized carbons (Fsp3) is 0.325. The second-order valence-electron chi connectivity index (χ2n) is 29.5. The van der Waals surface area contributed by atoms with Crippen molar-refractivity contribution in [2.24, 2.45) is 0 Å². The molecule has 2 aliphatic carbocycles. The molecule has 14 rings (SSSR count). The number of pyridine rings is 1. The summed E-state index contributed by atoms with van der Waals surface area (Å²) in [5.41, 5.74) is 22.7. The summed E-state index contributed by atoms with van der Waals surface area (Å²) in [6.07, 6.45) is 6.84. The normalized spacial score (nSPS) is 16.4. The number of para-hydroxylation sites is 2. The van der Waals surface area contributed by atoms with Gasteiger partial charge in [-0.25, -0.2) is 0 Å². The van der Waals surface area contributed by atoms with E-state index in [0.717, 1.165) is 54.9 Å². The molecule has 2 aliphatic rings. The quantitative estimate of drug-likeness (QED) is 0.118. The third kappa shape index (κ3) is 10.5. The molecule has 449 valence electrons. The monoisotopic (exact) mass is 1340 g/mol. The second kappa shape index (κ2) is 22.3. The number of benzene rings is 9. The summed E-state index contributed by atoms with van der Waals surface area (Å²) in [5.74, 6) is 1.05. The molecule has 9 aromatic carbocycles. The van der Waals surface area contributed by atoms with Crippen molar-refractivity contribution in [2.75, 3.05) is 0 Å². The van der Waals surface area contributed by atoms with Crippen molar-refractivity contribution >= 4 is 54.5 Å². The van der Waals surface area contributed by atoms with Crippen molar-refractivity contribution in [2.45, 2.75) is 175 Å². The van der Waals surface area contributed by atoms with Crippen molar-refractivity contribution < 1.29 is 28.6 Å². The third-order valence-corrected chi connectivity index (χ3v) is 19.8. The maximum Gasteiger partial charge on any atom is 0.121 e. The molecule has 1 radical (unpaired) electrons. The molecular formula is C83H85IrN3O-2. The number of furan rings is 1. The molecule has 5 heteroatoms. The zero-order valence-electron chi connectivity index (χ0n) is 57.2. The van der Waals surface area contributed by atoms with Crippen LogP contribution in [-0.4, -0.2) is 14.5 Å². The molecule has 0 atom stereocenters. The van der Waals surface area contributed by atoms with E-state index in [-0.39, 0.29) is 64.6 Å². The van der Waals surface area contributed by atoms with E-state index in [4.69, 9.17) is 18.5 Å². The predicted molar refractivity (Wildman–Crippen MR) is 369 cm³/mol. The Labute approximate surface area is 540 Å². The van der Waals surface area contributed by atoms with Crippen LogP contribution in [0.25, 0.3) is 105 Å². The number of hydrogen-bond donors (Lipinski definition) is 0. The van der Waals surface area contributed by atoms with Gasteiger partial charge in [-0.3, -0.25) is 4.98 Å². The molecule has 12 aromatic rings. The van der Waals surface area contributed by atoms with Crippen LogP contribution in [0.4, 0.5) is 0 Å². The maximum atomic E-state index is 8.57. The molecule has 0 fully saturated rings. The Hall–Kier alpha value is -7.43. The van der Waals surface area contributed by atoms with Gasteiger partial charge < -0.3 is 14.0 Å². The summed E-state index contributed by atoms with van der Waals surface area (Å²) < 4.78 is 34.8. The molecule has 88 heavy (non-hydrogen) atoms. The zero-order chi connectivity index (χ0) is 63.8. The Balaban J connectivity index is 0.000000183. The first-order chi connectivity index (χ1) is 42.5. The van der Waals surface area contributed by atoms with E-state index >= 15 is 0 Å². The van der Waals surface area contributed by atoms with Gasteiger partial charge in [0.1, 0.15) is 5.58 Å². The van der Waals surface area contributed by atoms with Crippen LogP contribution in [0.3, 0.4) is 0 Å². The molecule has 3 aromatic heterocycles. The number of rotatable bonds is 7. The number of nitrogens with zero attached hydrogens (tertiary/aromatic N) is 3. The van der Waals surface area contributed by atoms with Crippen LogP contribution in [0.1, 0.15) is 190 Å². The van der Waals surface area contributed by atoms with Crippen LogP contribution in [0.2, 0.25) is 0 Å². The molecule has 0 unspecified atom stereocenters. The van der Waals surface area contributed by atoms with E-state index in [1.54, 1.807) is 28.3 Å². The molecule has 0 saturated carbocycles. The molecule has 0 N–H and O–H groups in total. The minimum atomic E-state index is -2.38. The molecule has 3 heterocycles. The van der Waals surface area contributed by atoms with E-state index in [1.165, 1.54) is 64.6 Å². The standard InChI is InChI=1S/C46H37N2O.C37H48N.Ir/c1-27(2)36-24-33(30-13-7-6-8-14-30)25-37(28(3)4)44(36)48-41-18-12-11-17-40(41)47-46(48)35-22-19-29(5)43-39-23-32-21-20-31-15-9-10-16-34(31)38(32)26-42(39)49-45(35)43;1-33(2,3)26-15-20-38-29(22-26)24-13-12-14-25(21-24)30-31-27(34(4,5)16-18-36(31,8)9)23-28-32(30)37(10,11)19-17-35(28,6)7;/h6-21,23-28H,1-5H3;12,14-15,20-23H,16-19H2,1-11H3;/q2*-1;/i5D3;;. The average molecular weight is 1340 g/mol. The van der Waals surface area contributed by atoms with Gasteiger partial charge in [0, 0.05) is 41.5 Å². The van der Waals surface area contributed by atoms with Gasteiger partial charge in [-0.1, -0.05) is 213 Å². The van der Waals surface area contributed by atoms with Crippen LogP contribution < -0.4 is 0 Å². The second-order valence-corrected chi connectivity index (χ2v) is 29.5. The number of imidazole rings is 1. The summed E-state index contributed by atoms with van der Waals surface area (Å²) >= 11 is 0. The molecule has 0 bridgehead atoms. The van der Waals surface area contributed by atoms with Gasteiger partial charge in [0.15, 0.2) is 0 Å². The van der Waals surface area contributed by atoms with Gasteiger partial charge in [0.25, 0.3) is 0 Å². The fourth-order valence-corrected chi connectivity index (χ4v) is 14.6. The van der Waals surface area contributed by atoms with Crippen LogP contribution in [0, 0.1) is 19.0 Å². The van der Waals surface area contributed by atoms with Crippen LogP contribution in [-0.2, 0) is 47.2 Å². The predicted octanol–water partition coefficient (Wildman–Crippen LogP) is 23.1. The SMILES string of the molecule is CC(C)(C)c1ccnc(-c2[c-]ccc(-c3c4c(cc5c3C(C)(C)CCC5(C)C)C(C)(C)CCC4(C)C)c2)c1.[2H]C([2H])([2H])c1c[c-]c(-c2nc3ccccc3n2-c2c(C(C)C)cc(-c3ccccc3)cc2C(C)C)c2oc3cc4c(ccc5ccccc54)cc3c12.[Ir]. The van der Waals surface area contributed by atoms with Gasteiger partial charge in [-0.15, -0.1) is 53.1 Å². The third-order valence-electron chi connectivity index (χ3n) is 19.8. The first-order valence-corrected chi connectivity index (χ1v) is 31.7. The average Bonchev–Trinajstić information content (AvgIpc) is 1.63. The van der Waals surface area contributed by atoms with E-state index in [9.17, 15) is 0 Å². The van der Waals surface area contributed by atoms with Crippen molar-refractivity contribution in [1.82, 2.24) is 14.5 Å². The van der Waals surface area contributed by atoms with E-state index in [1.807, 2.05) is 42.6 Å². The smallest absolute Gasteiger partial charge is 0.121 e. The van der Waals surface area contributed by atoms with Crippen LogP contribution >= 0.6 is 0 Å². The molecule has 4 nitrogen and oxygen atoms in total. The molecule has 0 spiro atoms. The summed E-state index contributed by atoms with van der Waals surface area (Å²) in [6.45, 7) is 33.1. The summed E-state index contributed by atoms with van der Waals surface area (Å²) in [6, 6.07) is 62.4. The van der Waals surface area contributed by atoms with E-state index in [0.29, 0.717) is 27.9 Å². The summed E-state index contributed by atoms with van der Waals surface area (Å²) in [4.78, 5) is 10.1. The van der Waals surface area contributed by atoms with Gasteiger partial charge in [0.2, 0.25) is 0 Å². The Kier molecular flexibility index (Phi) is 14.4. The van der Waals surface area contributed by atoms with Crippen LogP contribution in [0.15, 0.2) is 168 Å². The summed E-state index contributed by atoms with van der Waals surface area (Å²) in [7, 11) is 0. The Morgan fingerprint density at radius 1 is 0.591 bits per heavy atom. The first kappa shape index (κ1) is 57.0. The Morgan fingerprint density at radius 3 is 1.88 bits per heavy atom. The Bertz CT molecular complexity index is 4730. The minimum absolute atomic E-state index is 0. The number of aromatic nitrogens is 3. The van der Waals surface area contributed by atoms with Crippen molar-refractivity contribution in [3.05, 3.63) is 221 Å².